The van der Waals surface area contributed by atoms with Crippen LogP contribution in [0.5, 0.6) is 0 Å². The van der Waals surface area contributed by atoms with Crippen molar-refractivity contribution in [1.82, 2.24) is 15.2 Å². The van der Waals surface area contributed by atoms with E-state index in [0.717, 1.165) is 19.6 Å². The highest BCUT2D eigenvalue weighted by Crippen LogP contribution is 2.21. The van der Waals surface area contributed by atoms with E-state index in [1.165, 1.54) is 37.3 Å². The lowest BCUT2D eigenvalue weighted by molar-refractivity contribution is 0.258. The van der Waals surface area contributed by atoms with Gasteiger partial charge in [0.2, 0.25) is 0 Å². The van der Waals surface area contributed by atoms with Crippen LogP contribution in [0.15, 0.2) is 18.5 Å². The molecule has 0 aliphatic carbocycles. The Morgan fingerprint density at radius 2 is 2.00 bits per heavy atom. The fraction of sp³-hybridized carbons (Fsp3) is 0.688. The molecule has 0 saturated carbocycles. The quantitative estimate of drug-likeness (QED) is 0.862. The Morgan fingerprint density at radius 3 is 2.65 bits per heavy atom. The summed E-state index contributed by atoms with van der Waals surface area (Å²) < 4.78 is 0. The molecule has 0 unspecified atom stereocenters. The molecule has 1 aliphatic rings. The number of nitrogens with one attached hydrogen (secondary N) is 1. The third-order valence-corrected chi connectivity index (χ3v) is 3.83. The maximum Gasteiger partial charge on any atom is 0.0443 e. The van der Waals surface area contributed by atoms with Gasteiger partial charge in [-0.3, -0.25) is 9.88 Å². The predicted molar refractivity (Wildman–Crippen MR) is 85.2 cm³/mol. The minimum absolute atomic E-state index is 0.504. The van der Waals surface area contributed by atoms with Gasteiger partial charge < -0.3 is 10.2 Å². The van der Waals surface area contributed by atoms with Crippen LogP contribution < -0.4 is 10.2 Å². The summed E-state index contributed by atoms with van der Waals surface area (Å²) in [6.07, 6.45) is 5.16. The van der Waals surface area contributed by atoms with Gasteiger partial charge in [-0.2, -0.15) is 0 Å². The molecule has 1 fully saturated rings. The van der Waals surface area contributed by atoms with Crippen molar-refractivity contribution in [3.05, 3.63) is 24.0 Å². The van der Waals surface area contributed by atoms with Gasteiger partial charge in [-0.15, -0.1) is 0 Å². The number of rotatable bonds is 6. The summed E-state index contributed by atoms with van der Waals surface area (Å²) in [6.45, 7) is 13.3. The molecule has 1 aromatic rings. The van der Waals surface area contributed by atoms with Crippen LogP contribution in [0.4, 0.5) is 5.69 Å². The Labute approximate surface area is 123 Å². The average molecular weight is 276 g/mol. The molecule has 0 bridgehead atoms. The van der Waals surface area contributed by atoms with Crippen LogP contribution in [0.25, 0.3) is 0 Å². The number of nitrogens with zero attached hydrogens (tertiary/aromatic N) is 3. The van der Waals surface area contributed by atoms with Gasteiger partial charge >= 0.3 is 0 Å². The fourth-order valence-electron chi connectivity index (χ4n) is 2.71. The minimum atomic E-state index is 0.504. The van der Waals surface area contributed by atoms with Gasteiger partial charge in [0.15, 0.2) is 0 Å². The zero-order valence-corrected chi connectivity index (χ0v) is 13.1. The lowest BCUT2D eigenvalue weighted by Crippen LogP contribution is -2.47. The molecular weight excluding hydrogens is 248 g/mol. The van der Waals surface area contributed by atoms with Crippen molar-refractivity contribution in [2.75, 3.05) is 37.6 Å². The van der Waals surface area contributed by atoms with E-state index < -0.39 is 0 Å². The number of anilines is 1. The van der Waals surface area contributed by atoms with Crippen LogP contribution in [0.2, 0.25) is 0 Å². The fourth-order valence-corrected chi connectivity index (χ4v) is 2.71. The molecule has 112 valence electrons. The highest BCUT2D eigenvalue weighted by Gasteiger charge is 2.18. The first-order valence-electron chi connectivity index (χ1n) is 7.84. The number of pyridine rings is 1. The number of hydrogen-bond donors (Lipinski definition) is 1. The lowest BCUT2D eigenvalue weighted by Gasteiger charge is -2.36. The molecule has 1 aromatic heterocycles. The monoisotopic (exact) mass is 276 g/mol. The average Bonchev–Trinajstić information content (AvgIpc) is 2.47. The maximum absolute atomic E-state index is 4.29. The van der Waals surface area contributed by atoms with Crippen LogP contribution in [0, 0.1) is 0 Å². The zero-order chi connectivity index (χ0) is 14.4. The number of piperazine rings is 1. The largest absolute Gasteiger partial charge is 0.369 e. The van der Waals surface area contributed by atoms with E-state index in [9.17, 15) is 0 Å². The third-order valence-electron chi connectivity index (χ3n) is 3.83. The van der Waals surface area contributed by atoms with Gasteiger partial charge in [0, 0.05) is 62.4 Å². The summed E-state index contributed by atoms with van der Waals surface area (Å²) in [5, 5.41) is 3.49. The molecule has 0 amide bonds. The van der Waals surface area contributed by atoms with E-state index in [1.807, 2.05) is 12.4 Å². The van der Waals surface area contributed by atoms with E-state index in [1.54, 1.807) is 0 Å². The second kappa shape index (κ2) is 7.60. The van der Waals surface area contributed by atoms with Gasteiger partial charge in [0.05, 0.1) is 0 Å². The molecule has 2 heterocycles. The Hall–Kier alpha value is -1.13. The predicted octanol–water partition coefficient (Wildman–Crippen LogP) is 2.11. The van der Waals surface area contributed by atoms with Crippen molar-refractivity contribution in [1.29, 1.82) is 0 Å². The first-order chi connectivity index (χ1) is 9.70. The molecular formula is C16H28N4. The van der Waals surface area contributed by atoms with Crippen molar-refractivity contribution in [3.63, 3.8) is 0 Å². The summed E-state index contributed by atoms with van der Waals surface area (Å²) in [7, 11) is 0. The van der Waals surface area contributed by atoms with E-state index >= 15 is 0 Å². The summed E-state index contributed by atoms with van der Waals surface area (Å²) in [6, 6.07) is 2.66. The Bertz CT molecular complexity index is 397. The second-order valence-electron chi connectivity index (χ2n) is 5.87. The van der Waals surface area contributed by atoms with Crippen LogP contribution in [0.3, 0.4) is 0 Å². The Morgan fingerprint density at radius 1 is 1.25 bits per heavy atom. The van der Waals surface area contributed by atoms with E-state index in [0.29, 0.717) is 6.04 Å². The minimum Gasteiger partial charge on any atom is -0.369 e. The molecule has 2 rings (SSSR count). The summed E-state index contributed by atoms with van der Waals surface area (Å²) >= 11 is 0. The molecule has 1 aliphatic heterocycles. The zero-order valence-electron chi connectivity index (χ0n) is 13.1. The molecule has 4 nitrogen and oxygen atoms in total. The topological polar surface area (TPSA) is 31.4 Å². The lowest BCUT2D eigenvalue weighted by atomic mass is 10.1. The van der Waals surface area contributed by atoms with Gasteiger partial charge in [0.25, 0.3) is 0 Å². The van der Waals surface area contributed by atoms with Crippen LogP contribution in [0.1, 0.15) is 32.8 Å². The van der Waals surface area contributed by atoms with Gasteiger partial charge in [0.1, 0.15) is 0 Å². The van der Waals surface area contributed by atoms with Gasteiger partial charge in [-0.1, -0.05) is 20.8 Å². The molecule has 0 atom stereocenters. The molecule has 0 aromatic carbocycles. The molecule has 20 heavy (non-hydrogen) atoms. The Kier molecular flexibility index (Phi) is 5.80. The first kappa shape index (κ1) is 15.3. The molecule has 0 radical (unpaired) electrons. The molecule has 1 N–H and O–H groups in total. The second-order valence-corrected chi connectivity index (χ2v) is 5.87. The summed E-state index contributed by atoms with van der Waals surface area (Å²) in [5.74, 6) is 0. The highest BCUT2D eigenvalue weighted by molar-refractivity contribution is 5.52. The number of aromatic nitrogens is 1. The standard InChI is InChI=1S/C16H28N4/c1-4-7-19-8-10-20(11-9-19)16-5-6-17-12-15(16)13-18-14(2)3/h5-6,12,14,18H,4,7-11,13H2,1-3H3. The van der Waals surface area contributed by atoms with Crippen molar-refractivity contribution >= 4 is 5.69 Å². The normalized spacial score (nSPS) is 16.9. The Balaban J connectivity index is 1.98. The SMILES string of the molecule is CCCN1CCN(c2ccncc2CNC(C)C)CC1. The van der Waals surface area contributed by atoms with E-state index in [2.05, 4.69) is 46.9 Å². The first-order valence-corrected chi connectivity index (χ1v) is 7.84. The van der Waals surface area contributed by atoms with Crippen molar-refractivity contribution in [2.24, 2.45) is 0 Å². The van der Waals surface area contributed by atoms with E-state index in [4.69, 9.17) is 0 Å². The van der Waals surface area contributed by atoms with E-state index in [-0.39, 0.29) is 0 Å². The highest BCUT2D eigenvalue weighted by atomic mass is 15.3. The van der Waals surface area contributed by atoms with Crippen LogP contribution in [-0.2, 0) is 6.54 Å². The summed E-state index contributed by atoms with van der Waals surface area (Å²) in [4.78, 5) is 9.35. The van der Waals surface area contributed by atoms with Crippen molar-refractivity contribution in [3.8, 4) is 0 Å². The maximum atomic E-state index is 4.29. The van der Waals surface area contributed by atoms with Gasteiger partial charge in [-0.25, -0.2) is 0 Å². The van der Waals surface area contributed by atoms with Gasteiger partial charge in [-0.05, 0) is 19.0 Å². The number of hydrogen-bond acceptors (Lipinski definition) is 4. The molecule has 0 spiro atoms. The summed E-state index contributed by atoms with van der Waals surface area (Å²) in [5.41, 5.74) is 2.66. The van der Waals surface area contributed by atoms with Crippen molar-refractivity contribution in [2.45, 2.75) is 39.8 Å². The smallest absolute Gasteiger partial charge is 0.0443 e. The van der Waals surface area contributed by atoms with Crippen molar-refractivity contribution < 1.29 is 0 Å². The van der Waals surface area contributed by atoms with Crippen LogP contribution >= 0.6 is 0 Å². The van der Waals surface area contributed by atoms with Crippen LogP contribution in [-0.4, -0.2) is 48.6 Å². The third kappa shape index (κ3) is 4.18. The molecule has 4 heteroatoms. The molecule has 1 saturated heterocycles.